The molecule has 0 saturated carbocycles. The molecule has 3 rings (SSSR count). The Morgan fingerprint density at radius 1 is 0.966 bits per heavy atom. The van der Waals surface area contributed by atoms with Gasteiger partial charge >= 0.3 is 0 Å². The number of non-ortho nitro benzene ring substituents is 1. The number of rotatable bonds is 7. The minimum absolute atomic E-state index is 0.0652. The first-order chi connectivity index (χ1) is 13.9. The van der Waals surface area contributed by atoms with Gasteiger partial charge < -0.3 is 10.1 Å². The molecule has 0 aliphatic rings. The predicted molar refractivity (Wildman–Crippen MR) is 114 cm³/mol. The lowest BCUT2D eigenvalue weighted by molar-refractivity contribution is -0.384. The summed E-state index contributed by atoms with van der Waals surface area (Å²) < 4.78 is 5.57. The SMILES string of the molecule is Cc1cc(C)cc(OCC(=O)Nc2ccc(Sc3ccc([N+](=O)[O-])cc3)cc2)c1. The molecule has 0 fully saturated rings. The molecule has 29 heavy (non-hydrogen) atoms. The van der Waals surface area contributed by atoms with Gasteiger partial charge in [0.25, 0.3) is 11.6 Å². The Kier molecular flexibility index (Phi) is 6.51. The van der Waals surface area contributed by atoms with Crippen LogP contribution in [-0.2, 0) is 4.79 Å². The zero-order valence-corrected chi connectivity index (χ0v) is 16.9. The van der Waals surface area contributed by atoms with Crippen LogP contribution in [0, 0.1) is 24.0 Å². The second kappa shape index (κ2) is 9.25. The van der Waals surface area contributed by atoms with Gasteiger partial charge in [0.2, 0.25) is 0 Å². The largest absolute Gasteiger partial charge is 0.484 e. The molecule has 0 atom stereocenters. The number of ether oxygens (including phenoxy) is 1. The zero-order valence-electron chi connectivity index (χ0n) is 16.0. The van der Waals surface area contributed by atoms with E-state index in [1.807, 2.05) is 56.3 Å². The van der Waals surface area contributed by atoms with Gasteiger partial charge in [-0.15, -0.1) is 0 Å². The van der Waals surface area contributed by atoms with E-state index in [9.17, 15) is 14.9 Å². The summed E-state index contributed by atoms with van der Waals surface area (Å²) in [4.78, 5) is 24.3. The van der Waals surface area contributed by atoms with E-state index in [1.54, 1.807) is 12.1 Å². The lowest BCUT2D eigenvalue weighted by Crippen LogP contribution is -2.20. The van der Waals surface area contributed by atoms with Crippen molar-refractivity contribution in [1.29, 1.82) is 0 Å². The van der Waals surface area contributed by atoms with Crippen LogP contribution in [0.4, 0.5) is 11.4 Å². The lowest BCUT2D eigenvalue weighted by Gasteiger charge is -2.09. The average Bonchev–Trinajstić information content (AvgIpc) is 2.68. The van der Waals surface area contributed by atoms with Crippen molar-refractivity contribution < 1.29 is 14.5 Å². The maximum absolute atomic E-state index is 12.1. The Hall–Kier alpha value is -3.32. The number of benzene rings is 3. The van der Waals surface area contributed by atoms with Crippen LogP contribution in [0.3, 0.4) is 0 Å². The van der Waals surface area contributed by atoms with E-state index in [2.05, 4.69) is 5.32 Å². The summed E-state index contributed by atoms with van der Waals surface area (Å²) in [5.41, 5.74) is 2.91. The molecule has 1 N–H and O–H groups in total. The fourth-order valence-corrected chi connectivity index (χ4v) is 3.56. The number of nitro benzene ring substituents is 1. The van der Waals surface area contributed by atoms with Crippen molar-refractivity contribution in [1.82, 2.24) is 0 Å². The van der Waals surface area contributed by atoms with Crippen molar-refractivity contribution in [2.75, 3.05) is 11.9 Å². The van der Waals surface area contributed by atoms with Crippen molar-refractivity contribution in [3.63, 3.8) is 0 Å². The summed E-state index contributed by atoms with van der Waals surface area (Å²) in [7, 11) is 0. The van der Waals surface area contributed by atoms with Crippen LogP contribution in [0.25, 0.3) is 0 Å². The number of anilines is 1. The summed E-state index contributed by atoms with van der Waals surface area (Å²) in [6.45, 7) is 3.90. The van der Waals surface area contributed by atoms with E-state index in [4.69, 9.17) is 4.74 Å². The van der Waals surface area contributed by atoms with Crippen LogP contribution in [-0.4, -0.2) is 17.4 Å². The number of amides is 1. The molecule has 6 nitrogen and oxygen atoms in total. The lowest BCUT2D eigenvalue weighted by atomic mass is 10.1. The molecular weight excluding hydrogens is 388 g/mol. The first kappa shape index (κ1) is 20.4. The van der Waals surface area contributed by atoms with E-state index in [1.165, 1.54) is 23.9 Å². The van der Waals surface area contributed by atoms with E-state index >= 15 is 0 Å². The molecule has 7 heteroatoms. The van der Waals surface area contributed by atoms with Crippen molar-refractivity contribution in [2.45, 2.75) is 23.6 Å². The number of carbonyl (C=O) groups is 1. The molecule has 0 aromatic heterocycles. The van der Waals surface area contributed by atoms with Gasteiger partial charge in [0, 0.05) is 27.6 Å². The van der Waals surface area contributed by atoms with Gasteiger partial charge in [0.05, 0.1) is 4.92 Å². The van der Waals surface area contributed by atoms with Crippen LogP contribution >= 0.6 is 11.8 Å². The van der Waals surface area contributed by atoms with Gasteiger partial charge in [-0.05, 0) is 73.5 Å². The molecular formula is C22H20N2O4S. The van der Waals surface area contributed by atoms with Gasteiger partial charge in [0.15, 0.2) is 6.61 Å². The van der Waals surface area contributed by atoms with Crippen LogP contribution in [0.2, 0.25) is 0 Å². The van der Waals surface area contributed by atoms with Crippen molar-refractivity contribution in [3.05, 3.63) is 88.0 Å². The predicted octanol–water partition coefficient (Wildman–Crippen LogP) is 5.38. The van der Waals surface area contributed by atoms with Gasteiger partial charge in [-0.1, -0.05) is 17.8 Å². The highest BCUT2D eigenvalue weighted by Crippen LogP contribution is 2.29. The normalized spacial score (nSPS) is 10.4. The van der Waals surface area contributed by atoms with Crippen LogP contribution in [0.5, 0.6) is 5.75 Å². The highest BCUT2D eigenvalue weighted by molar-refractivity contribution is 7.99. The molecule has 0 aliphatic heterocycles. The molecule has 0 spiro atoms. The fourth-order valence-electron chi connectivity index (χ4n) is 2.74. The third-order valence-corrected chi connectivity index (χ3v) is 5.00. The second-order valence-electron chi connectivity index (χ2n) is 6.54. The van der Waals surface area contributed by atoms with Crippen LogP contribution in [0.1, 0.15) is 11.1 Å². The van der Waals surface area contributed by atoms with Crippen LogP contribution < -0.4 is 10.1 Å². The Balaban J connectivity index is 1.53. The molecule has 0 saturated heterocycles. The average molecular weight is 408 g/mol. The molecule has 3 aromatic carbocycles. The number of hydrogen-bond acceptors (Lipinski definition) is 5. The summed E-state index contributed by atoms with van der Waals surface area (Å²) in [6, 6.07) is 19.6. The number of hydrogen-bond donors (Lipinski definition) is 1. The summed E-state index contributed by atoms with van der Waals surface area (Å²) >= 11 is 1.49. The monoisotopic (exact) mass is 408 g/mol. The Bertz CT molecular complexity index is 998. The number of nitrogens with zero attached hydrogens (tertiary/aromatic N) is 1. The molecule has 148 valence electrons. The smallest absolute Gasteiger partial charge is 0.269 e. The van der Waals surface area contributed by atoms with Crippen molar-refractivity contribution in [2.24, 2.45) is 0 Å². The summed E-state index contributed by atoms with van der Waals surface area (Å²) in [6.07, 6.45) is 0. The standard InChI is InChI=1S/C22H20N2O4S/c1-15-11-16(2)13-19(12-15)28-14-22(25)23-17-3-7-20(8-4-17)29-21-9-5-18(6-10-21)24(26)27/h3-13H,14H2,1-2H3,(H,23,25). The zero-order chi connectivity index (χ0) is 20.8. The van der Waals surface area contributed by atoms with E-state index in [-0.39, 0.29) is 18.2 Å². The molecule has 0 aliphatic carbocycles. The maximum Gasteiger partial charge on any atom is 0.269 e. The number of nitrogens with one attached hydrogen (secondary N) is 1. The Labute approximate surface area is 173 Å². The topological polar surface area (TPSA) is 81.5 Å². The van der Waals surface area contributed by atoms with Gasteiger partial charge in [0.1, 0.15) is 5.75 Å². The first-order valence-electron chi connectivity index (χ1n) is 8.92. The van der Waals surface area contributed by atoms with E-state index < -0.39 is 4.92 Å². The van der Waals surface area contributed by atoms with Crippen LogP contribution in [0.15, 0.2) is 76.5 Å². The minimum Gasteiger partial charge on any atom is -0.484 e. The van der Waals surface area contributed by atoms with Gasteiger partial charge in [-0.3, -0.25) is 14.9 Å². The molecule has 0 bridgehead atoms. The maximum atomic E-state index is 12.1. The summed E-state index contributed by atoms with van der Waals surface area (Å²) in [5, 5.41) is 13.5. The van der Waals surface area contributed by atoms with Crippen molar-refractivity contribution in [3.8, 4) is 5.75 Å². The van der Waals surface area contributed by atoms with Crippen molar-refractivity contribution >= 4 is 29.0 Å². The molecule has 0 radical (unpaired) electrons. The molecule has 1 amide bonds. The summed E-state index contributed by atoms with van der Waals surface area (Å²) in [5.74, 6) is 0.437. The Morgan fingerprint density at radius 3 is 2.07 bits per heavy atom. The number of carbonyl (C=O) groups excluding carboxylic acids is 1. The third kappa shape index (κ3) is 6.08. The highest BCUT2D eigenvalue weighted by atomic mass is 32.2. The Morgan fingerprint density at radius 2 is 1.52 bits per heavy atom. The fraction of sp³-hybridized carbons (Fsp3) is 0.136. The van der Waals surface area contributed by atoms with E-state index in [0.29, 0.717) is 11.4 Å². The molecule has 0 heterocycles. The van der Waals surface area contributed by atoms with E-state index in [0.717, 1.165) is 20.9 Å². The minimum atomic E-state index is -0.421. The van der Waals surface area contributed by atoms with Gasteiger partial charge in [-0.2, -0.15) is 0 Å². The molecule has 0 unspecified atom stereocenters. The molecule has 3 aromatic rings. The highest BCUT2D eigenvalue weighted by Gasteiger charge is 2.07. The number of nitro groups is 1. The van der Waals surface area contributed by atoms with Gasteiger partial charge in [-0.25, -0.2) is 0 Å². The second-order valence-corrected chi connectivity index (χ2v) is 7.68. The quantitative estimate of drug-likeness (QED) is 0.419. The third-order valence-electron chi connectivity index (χ3n) is 3.99. The first-order valence-corrected chi connectivity index (χ1v) is 9.74. The number of aryl methyl sites for hydroxylation is 2.